The standard InChI is InChI=1S/C33H32N4O6/c1-17(2)19-12-14-20(15-13-19)29-28-23(21-8-4-6-10-24(21)34-28)16-26-31(40)37(33(43)36(26)29)25-11-7-5-9-22(25)30(39)35-27(18(3)38)32(41)42/h4-15,17-18,26-27,29,34,38H,16H2,1-3H3,(H,35,39)(H,41,42)/t18-,26+,27+,29+/m1/s1. The lowest BCUT2D eigenvalue weighted by Gasteiger charge is -2.36. The number of H-pyrrole nitrogens is 1. The average molecular weight is 581 g/mol. The predicted molar refractivity (Wildman–Crippen MR) is 160 cm³/mol. The molecule has 4 amide bonds. The van der Waals surface area contributed by atoms with Gasteiger partial charge in [0, 0.05) is 23.0 Å². The molecule has 10 nitrogen and oxygen atoms in total. The summed E-state index contributed by atoms with van der Waals surface area (Å²) in [5.41, 5.74) is 4.70. The first-order valence-electron chi connectivity index (χ1n) is 14.2. The summed E-state index contributed by atoms with van der Waals surface area (Å²) in [6.07, 6.45) is -1.08. The number of carboxylic acid groups (broad SMARTS) is 1. The summed E-state index contributed by atoms with van der Waals surface area (Å²) in [5, 5.41) is 22.6. The molecule has 0 saturated carbocycles. The lowest BCUT2D eigenvalue weighted by atomic mass is 9.88. The van der Waals surface area contributed by atoms with Gasteiger partial charge in [0.2, 0.25) is 0 Å². The number of fused-ring (bicyclic) bond motifs is 4. The summed E-state index contributed by atoms with van der Waals surface area (Å²) in [6, 6.07) is 18.4. The zero-order valence-corrected chi connectivity index (χ0v) is 23.9. The Labute approximate surface area is 247 Å². The summed E-state index contributed by atoms with van der Waals surface area (Å²) in [6.45, 7) is 5.47. The fourth-order valence-corrected chi connectivity index (χ4v) is 6.17. The van der Waals surface area contributed by atoms with Crippen LogP contribution < -0.4 is 10.2 Å². The maximum absolute atomic E-state index is 14.3. The van der Waals surface area contributed by atoms with Crippen molar-refractivity contribution in [3.05, 3.63) is 101 Å². The SMILES string of the molecule is CC(C)c1ccc([C@H]2c3[nH]c4ccccc4c3C[C@H]3C(=O)N(c4ccccc4C(=O)N[C@H](C(=O)O)[C@@H](C)O)C(=O)N23)cc1. The predicted octanol–water partition coefficient (Wildman–Crippen LogP) is 4.34. The third-order valence-corrected chi connectivity index (χ3v) is 8.39. The van der Waals surface area contributed by atoms with Gasteiger partial charge in [-0.2, -0.15) is 0 Å². The van der Waals surface area contributed by atoms with Gasteiger partial charge in [-0.25, -0.2) is 14.5 Å². The van der Waals surface area contributed by atoms with Crippen LogP contribution in [0.1, 0.15) is 65.5 Å². The number of nitrogens with zero attached hydrogens (tertiary/aromatic N) is 2. The number of hydrogen-bond acceptors (Lipinski definition) is 5. The molecule has 43 heavy (non-hydrogen) atoms. The van der Waals surface area contributed by atoms with Crippen molar-refractivity contribution in [3.63, 3.8) is 0 Å². The van der Waals surface area contributed by atoms with Crippen LogP contribution in [0, 0.1) is 0 Å². The van der Waals surface area contributed by atoms with Gasteiger partial charge in [-0.1, -0.05) is 68.4 Å². The second-order valence-corrected chi connectivity index (χ2v) is 11.4. The zero-order valence-electron chi connectivity index (χ0n) is 23.9. The average Bonchev–Trinajstić information content (AvgIpc) is 3.48. The van der Waals surface area contributed by atoms with E-state index in [4.69, 9.17) is 0 Å². The zero-order chi connectivity index (χ0) is 30.6. The van der Waals surface area contributed by atoms with E-state index >= 15 is 0 Å². The molecular weight excluding hydrogens is 548 g/mol. The van der Waals surface area contributed by atoms with Gasteiger partial charge in [-0.05, 0) is 47.7 Å². The van der Waals surface area contributed by atoms with Gasteiger partial charge >= 0.3 is 12.0 Å². The number of anilines is 1. The monoisotopic (exact) mass is 580 g/mol. The quantitative estimate of drug-likeness (QED) is 0.240. The molecule has 1 saturated heterocycles. The van der Waals surface area contributed by atoms with Crippen molar-refractivity contribution < 1.29 is 29.4 Å². The molecule has 0 aliphatic carbocycles. The van der Waals surface area contributed by atoms with E-state index in [1.807, 2.05) is 48.5 Å². The molecule has 4 N–H and O–H groups in total. The normalized spacial score (nSPS) is 19.4. The van der Waals surface area contributed by atoms with E-state index in [1.54, 1.807) is 17.0 Å². The number of para-hydroxylation sites is 2. The first kappa shape index (κ1) is 28.2. The lowest BCUT2D eigenvalue weighted by Crippen LogP contribution is -2.48. The van der Waals surface area contributed by atoms with E-state index in [0.717, 1.165) is 38.2 Å². The molecule has 0 bridgehead atoms. The number of carbonyl (C=O) groups is 4. The second-order valence-electron chi connectivity index (χ2n) is 11.4. The van der Waals surface area contributed by atoms with Crippen molar-refractivity contribution in [2.75, 3.05) is 4.90 Å². The van der Waals surface area contributed by atoms with Gasteiger partial charge in [0.05, 0.1) is 17.4 Å². The third-order valence-electron chi connectivity index (χ3n) is 8.39. The number of amides is 4. The van der Waals surface area contributed by atoms with Crippen LogP contribution in [0.4, 0.5) is 10.5 Å². The molecular formula is C33H32N4O6. The van der Waals surface area contributed by atoms with E-state index in [2.05, 4.69) is 24.1 Å². The van der Waals surface area contributed by atoms with Crippen LogP contribution in [0.15, 0.2) is 72.8 Å². The Morgan fingerprint density at radius 3 is 2.30 bits per heavy atom. The number of urea groups is 1. The largest absolute Gasteiger partial charge is 0.480 e. The molecule has 2 aliphatic rings. The Balaban J connectivity index is 1.44. The Kier molecular flexibility index (Phi) is 7.01. The minimum absolute atomic E-state index is 0.0431. The van der Waals surface area contributed by atoms with E-state index in [9.17, 15) is 29.4 Å². The molecule has 4 aromatic rings. The Morgan fingerprint density at radius 1 is 0.953 bits per heavy atom. The van der Waals surface area contributed by atoms with E-state index in [1.165, 1.54) is 19.1 Å². The fourth-order valence-electron chi connectivity index (χ4n) is 6.17. The van der Waals surface area contributed by atoms with Gasteiger partial charge in [-0.15, -0.1) is 0 Å². The number of carbonyl (C=O) groups excluding carboxylic acids is 3. The molecule has 3 heterocycles. The van der Waals surface area contributed by atoms with Crippen LogP contribution in [-0.2, 0) is 16.0 Å². The fraction of sp³-hybridized carbons (Fsp3) is 0.273. The van der Waals surface area contributed by atoms with Crippen LogP contribution in [0.2, 0.25) is 0 Å². The Hall–Kier alpha value is -4.96. The van der Waals surface area contributed by atoms with Crippen LogP contribution in [0.3, 0.4) is 0 Å². The summed E-state index contributed by atoms with van der Waals surface area (Å²) in [4.78, 5) is 59.4. The maximum Gasteiger partial charge on any atom is 0.332 e. The number of hydrogen-bond donors (Lipinski definition) is 4. The van der Waals surface area contributed by atoms with Crippen LogP contribution >= 0.6 is 0 Å². The molecule has 6 rings (SSSR count). The smallest absolute Gasteiger partial charge is 0.332 e. The van der Waals surface area contributed by atoms with Crippen molar-refractivity contribution >= 4 is 40.4 Å². The summed E-state index contributed by atoms with van der Waals surface area (Å²) >= 11 is 0. The number of nitrogens with one attached hydrogen (secondary N) is 2. The molecule has 220 valence electrons. The van der Waals surface area contributed by atoms with Gasteiger partial charge in [0.1, 0.15) is 12.1 Å². The highest BCUT2D eigenvalue weighted by Gasteiger charge is 2.53. The lowest BCUT2D eigenvalue weighted by molar-refractivity contribution is -0.141. The van der Waals surface area contributed by atoms with Crippen molar-refractivity contribution in [2.24, 2.45) is 0 Å². The summed E-state index contributed by atoms with van der Waals surface area (Å²) in [5.74, 6) is -2.40. The number of aliphatic hydroxyl groups is 1. The molecule has 0 spiro atoms. The minimum atomic E-state index is -1.58. The summed E-state index contributed by atoms with van der Waals surface area (Å²) < 4.78 is 0. The molecule has 4 atom stereocenters. The summed E-state index contributed by atoms with van der Waals surface area (Å²) in [7, 11) is 0. The highest BCUT2D eigenvalue weighted by Crippen LogP contribution is 2.45. The number of aromatic nitrogens is 1. The number of benzene rings is 3. The first-order chi connectivity index (χ1) is 20.6. The number of aliphatic hydroxyl groups excluding tert-OH is 1. The highest BCUT2D eigenvalue weighted by molar-refractivity contribution is 6.24. The van der Waals surface area contributed by atoms with Gasteiger partial charge in [0.15, 0.2) is 6.04 Å². The van der Waals surface area contributed by atoms with Crippen LogP contribution in [0.5, 0.6) is 0 Å². The van der Waals surface area contributed by atoms with Gasteiger partial charge in [-0.3, -0.25) is 14.5 Å². The minimum Gasteiger partial charge on any atom is -0.480 e. The van der Waals surface area contributed by atoms with Crippen molar-refractivity contribution in [2.45, 2.75) is 57.3 Å². The number of carboxylic acids is 1. The highest BCUT2D eigenvalue weighted by atomic mass is 16.4. The van der Waals surface area contributed by atoms with E-state index < -0.39 is 48.0 Å². The third kappa shape index (κ3) is 4.64. The number of imide groups is 1. The van der Waals surface area contributed by atoms with Crippen molar-refractivity contribution in [1.29, 1.82) is 0 Å². The molecule has 1 aromatic heterocycles. The van der Waals surface area contributed by atoms with Crippen LogP contribution in [0.25, 0.3) is 10.9 Å². The number of aliphatic carboxylic acids is 1. The van der Waals surface area contributed by atoms with Crippen LogP contribution in [-0.4, -0.2) is 62.1 Å². The maximum atomic E-state index is 14.3. The Bertz CT molecular complexity index is 1760. The van der Waals surface area contributed by atoms with Gasteiger partial charge < -0.3 is 20.5 Å². The van der Waals surface area contributed by atoms with Gasteiger partial charge in [0.25, 0.3) is 11.8 Å². The van der Waals surface area contributed by atoms with E-state index in [-0.39, 0.29) is 11.3 Å². The second kappa shape index (κ2) is 10.7. The number of rotatable bonds is 7. The molecule has 10 heteroatoms. The Morgan fingerprint density at radius 2 is 1.63 bits per heavy atom. The molecule has 2 aliphatic heterocycles. The first-order valence-corrected chi connectivity index (χ1v) is 14.2. The molecule has 0 radical (unpaired) electrons. The molecule has 0 unspecified atom stereocenters. The topological polar surface area (TPSA) is 143 Å². The van der Waals surface area contributed by atoms with Crippen molar-refractivity contribution in [3.8, 4) is 0 Å². The molecule has 1 fully saturated rings. The van der Waals surface area contributed by atoms with E-state index in [0.29, 0.717) is 12.3 Å². The van der Waals surface area contributed by atoms with Crippen molar-refractivity contribution in [1.82, 2.24) is 15.2 Å². The molecule has 3 aromatic carbocycles. The number of aromatic amines is 1.